The van der Waals surface area contributed by atoms with Crippen molar-refractivity contribution in [2.75, 3.05) is 11.9 Å². The fourth-order valence-corrected chi connectivity index (χ4v) is 5.32. The van der Waals surface area contributed by atoms with Gasteiger partial charge in [0.25, 0.3) is 0 Å². The highest BCUT2D eigenvalue weighted by Gasteiger charge is 2.53. The minimum absolute atomic E-state index is 0.719. The van der Waals surface area contributed by atoms with Crippen LogP contribution in [0.15, 0.2) is 24.3 Å². The topological polar surface area (TPSA) is 21.3 Å². The van der Waals surface area contributed by atoms with Gasteiger partial charge in [-0.2, -0.15) is 0 Å². The molecule has 0 amide bonds. The van der Waals surface area contributed by atoms with Gasteiger partial charge in [-0.05, 0) is 80.0 Å². The van der Waals surface area contributed by atoms with Crippen LogP contribution in [-0.4, -0.2) is 12.6 Å². The highest BCUT2D eigenvalue weighted by Crippen LogP contribution is 2.59. The predicted octanol–water partition coefficient (Wildman–Crippen LogP) is 4.71. The average Bonchev–Trinajstić information content (AvgIpc) is 3.19. The zero-order valence-electron chi connectivity index (χ0n) is 13.1. The Kier molecular flexibility index (Phi) is 3.56. The van der Waals surface area contributed by atoms with Crippen LogP contribution in [0.2, 0.25) is 0 Å². The van der Waals surface area contributed by atoms with Crippen LogP contribution in [0.1, 0.15) is 45.4 Å². The quantitative estimate of drug-likeness (QED) is 0.845. The van der Waals surface area contributed by atoms with Gasteiger partial charge >= 0.3 is 0 Å². The predicted molar refractivity (Wildman–Crippen MR) is 86.7 cm³/mol. The van der Waals surface area contributed by atoms with Gasteiger partial charge in [0.2, 0.25) is 0 Å². The average molecular weight is 285 g/mol. The Bertz CT molecular complexity index is 483. The Hall–Kier alpha value is -1.18. The smallest absolute Gasteiger partial charge is 0.119 e. The monoisotopic (exact) mass is 285 g/mol. The summed E-state index contributed by atoms with van der Waals surface area (Å²) in [4.78, 5) is 0. The Morgan fingerprint density at radius 3 is 2.67 bits per heavy atom. The fourth-order valence-electron chi connectivity index (χ4n) is 5.32. The number of anilines is 1. The summed E-state index contributed by atoms with van der Waals surface area (Å²) in [5, 5.41) is 3.81. The maximum Gasteiger partial charge on any atom is 0.119 e. The highest BCUT2D eigenvalue weighted by atomic mass is 16.5. The molecule has 3 fully saturated rings. The molecule has 3 saturated carbocycles. The van der Waals surface area contributed by atoms with Crippen molar-refractivity contribution in [3.05, 3.63) is 24.3 Å². The summed E-state index contributed by atoms with van der Waals surface area (Å²) in [5.74, 6) is 5.07. The van der Waals surface area contributed by atoms with Gasteiger partial charge in [0.15, 0.2) is 0 Å². The molecule has 0 radical (unpaired) electrons. The molecule has 2 bridgehead atoms. The SMILES string of the molecule is CCCOc1ccc(NC2CC3CC2C2CCCC32)cc1. The summed E-state index contributed by atoms with van der Waals surface area (Å²) in [5.41, 5.74) is 1.27. The van der Waals surface area contributed by atoms with Crippen LogP contribution in [0.3, 0.4) is 0 Å². The lowest BCUT2D eigenvalue weighted by atomic mass is 9.79. The summed E-state index contributed by atoms with van der Waals surface area (Å²) < 4.78 is 5.66. The van der Waals surface area contributed by atoms with Crippen molar-refractivity contribution in [2.45, 2.75) is 51.5 Å². The molecule has 0 saturated heterocycles. The molecule has 1 aromatic rings. The van der Waals surface area contributed by atoms with Gasteiger partial charge in [0.05, 0.1) is 6.61 Å². The lowest BCUT2D eigenvalue weighted by Gasteiger charge is -2.32. The molecule has 0 spiro atoms. The summed E-state index contributed by atoms with van der Waals surface area (Å²) in [7, 11) is 0. The second-order valence-corrected chi connectivity index (χ2v) is 7.28. The van der Waals surface area contributed by atoms with Crippen molar-refractivity contribution in [3.63, 3.8) is 0 Å². The molecule has 2 heteroatoms. The van der Waals surface area contributed by atoms with Crippen LogP contribution in [0.25, 0.3) is 0 Å². The van der Waals surface area contributed by atoms with Gasteiger partial charge in [-0.25, -0.2) is 0 Å². The molecular formula is C19H27NO. The number of benzene rings is 1. The molecule has 21 heavy (non-hydrogen) atoms. The lowest BCUT2D eigenvalue weighted by Crippen LogP contribution is -2.33. The first-order valence-corrected chi connectivity index (χ1v) is 8.84. The van der Waals surface area contributed by atoms with Gasteiger partial charge < -0.3 is 10.1 Å². The van der Waals surface area contributed by atoms with Crippen LogP contribution in [0, 0.1) is 23.7 Å². The molecular weight excluding hydrogens is 258 g/mol. The molecule has 5 unspecified atom stereocenters. The molecule has 0 heterocycles. The zero-order chi connectivity index (χ0) is 14.2. The number of nitrogens with one attached hydrogen (secondary N) is 1. The number of hydrogen-bond acceptors (Lipinski definition) is 2. The summed E-state index contributed by atoms with van der Waals surface area (Å²) in [6, 6.07) is 9.29. The summed E-state index contributed by atoms with van der Waals surface area (Å²) >= 11 is 0. The van der Waals surface area contributed by atoms with Crippen molar-refractivity contribution in [3.8, 4) is 5.75 Å². The molecule has 1 aromatic carbocycles. The van der Waals surface area contributed by atoms with E-state index in [0.717, 1.165) is 48.5 Å². The first-order chi connectivity index (χ1) is 10.3. The van der Waals surface area contributed by atoms with E-state index in [1.54, 1.807) is 0 Å². The van der Waals surface area contributed by atoms with E-state index in [0.29, 0.717) is 0 Å². The van der Waals surface area contributed by atoms with E-state index in [9.17, 15) is 0 Å². The molecule has 2 nitrogen and oxygen atoms in total. The Labute approximate surface area is 128 Å². The Morgan fingerprint density at radius 2 is 1.86 bits per heavy atom. The number of fused-ring (bicyclic) bond motifs is 5. The van der Waals surface area contributed by atoms with Gasteiger partial charge in [-0.1, -0.05) is 13.3 Å². The molecule has 114 valence electrons. The molecule has 0 aliphatic heterocycles. The normalized spacial score (nSPS) is 36.7. The van der Waals surface area contributed by atoms with E-state index in [1.807, 2.05) is 0 Å². The van der Waals surface area contributed by atoms with Crippen LogP contribution >= 0.6 is 0 Å². The highest BCUT2D eigenvalue weighted by molar-refractivity contribution is 5.47. The van der Waals surface area contributed by atoms with Gasteiger partial charge in [0.1, 0.15) is 5.75 Å². The minimum atomic E-state index is 0.719. The van der Waals surface area contributed by atoms with Crippen LogP contribution in [0.4, 0.5) is 5.69 Å². The number of ether oxygens (including phenoxy) is 1. The first-order valence-electron chi connectivity index (χ1n) is 8.84. The van der Waals surface area contributed by atoms with Crippen LogP contribution in [0.5, 0.6) is 5.75 Å². The Morgan fingerprint density at radius 1 is 1.05 bits per heavy atom. The van der Waals surface area contributed by atoms with E-state index >= 15 is 0 Å². The number of hydrogen-bond donors (Lipinski definition) is 1. The van der Waals surface area contributed by atoms with Crippen molar-refractivity contribution in [2.24, 2.45) is 23.7 Å². The first kappa shape index (κ1) is 13.5. The van der Waals surface area contributed by atoms with Crippen LogP contribution in [-0.2, 0) is 0 Å². The van der Waals surface area contributed by atoms with Crippen molar-refractivity contribution in [1.82, 2.24) is 0 Å². The van der Waals surface area contributed by atoms with E-state index < -0.39 is 0 Å². The molecule has 4 rings (SSSR count). The lowest BCUT2D eigenvalue weighted by molar-refractivity contribution is 0.243. The van der Waals surface area contributed by atoms with Crippen molar-refractivity contribution >= 4 is 5.69 Å². The third kappa shape index (κ3) is 2.43. The third-order valence-electron chi connectivity index (χ3n) is 6.11. The van der Waals surface area contributed by atoms with Crippen LogP contribution < -0.4 is 10.1 Å². The third-order valence-corrected chi connectivity index (χ3v) is 6.11. The van der Waals surface area contributed by atoms with E-state index in [2.05, 4.69) is 36.5 Å². The molecule has 0 aromatic heterocycles. The second kappa shape index (κ2) is 5.55. The van der Waals surface area contributed by atoms with Crippen molar-refractivity contribution in [1.29, 1.82) is 0 Å². The summed E-state index contributed by atoms with van der Waals surface area (Å²) in [6.45, 7) is 2.95. The molecule has 3 aliphatic carbocycles. The molecule has 5 atom stereocenters. The van der Waals surface area contributed by atoms with E-state index in [-0.39, 0.29) is 0 Å². The van der Waals surface area contributed by atoms with Gasteiger partial charge in [-0.15, -0.1) is 0 Å². The van der Waals surface area contributed by atoms with E-state index in [1.165, 1.54) is 37.8 Å². The molecule has 1 N–H and O–H groups in total. The second-order valence-electron chi connectivity index (χ2n) is 7.28. The minimum Gasteiger partial charge on any atom is -0.494 e. The van der Waals surface area contributed by atoms with Gasteiger partial charge in [-0.3, -0.25) is 0 Å². The maximum absolute atomic E-state index is 5.66. The fraction of sp³-hybridized carbons (Fsp3) is 0.684. The Balaban J connectivity index is 1.38. The van der Waals surface area contributed by atoms with Crippen molar-refractivity contribution < 1.29 is 4.74 Å². The molecule has 3 aliphatic rings. The van der Waals surface area contributed by atoms with E-state index in [4.69, 9.17) is 4.74 Å². The summed E-state index contributed by atoms with van der Waals surface area (Å²) in [6.07, 6.45) is 8.45. The largest absolute Gasteiger partial charge is 0.494 e. The standard InChI is InChI=1S/C19H27NO/c1-2-10-21-15-8-6-14(7-9-15)20-19-12-13-11-18(19)17-5-3-4-16(13)17/h6-9,13,16-20H,2-5,10-12H2,1H3. The number of rotatable bonds is 5. The maximum atomic E-state index is 5.66. The zero-order valence-corrected chi connectivity index (χ0v) is 13.1. The van der Waals surface area contributed by atoms with Gasteiger partial charge in [0, 0.05) is 11.7 Å².